The topological polar surface area (TPSA) is 69.1 Å². The van der Waals surface area contributed by atoms with Crippen molar-refractivity contribution < 1.29 is 4.79 Å². The summed E-state index contributed by atoms with van der Waals surface area (Å²) in [5.74, 6) is -0.311. The molecule has 1 unspecified atom stereocenters. The summed E-state index contributed by atoms with van der Waals surface area (Å²) in [7, 11) is 0. The summed E-state index contributed by atoms with van der Waals surface area (Å²) in [6.45, 7) is 0. The summed E-state index contributed by atoms with van der Waals surface area (Å²) in [6.07, 6.45) is 7.00. The van der Waals surface area contributed by atoms with Crippen LogP contribution in [0.15, 0.2) is 11.6 Å². The van der Waals surface area contributed by atoms with Gasteiger partial charge in [-0.15, -0.1) is 0 Å². The first kappa shape index (κ1) is 9.26. The number of primary amides is 1. The lowest BCUT2D eigenvalue weighted by Gasteiger charge is -2.17. The van der Waals surface area contributed by atoms with E-state index in [-0.39, 0.29) is 18.4 Å². The van der Waals surface area contributed by atoms with E-state index < -0.39 is 0 Å². The van der Waals surface area contributed by atoms with Gasteiger partial charge in [0.2, 0.25) is 5.91 Å². The highest BCUT2D eigenvalue weighted by Gasteiger charge is 2.13. The number of carbonyl (C=O) groups is 1. The van der Waals surface area contributed by atoms with Crippen molar-refractivity contribution in [3.8, 4) is 0 Å². The fourth-order valence-corrected chi connectivity index (χ4v) is 1.55. The Kier molecular flexibility index (Phi) is 3.29. The lowest BCUT2D eigenvalue weighted by Crippen LogP contribution is -2.29. The first-order valence-electron chi connectivity index (χ1n) is 4.43. The molecule has 0 bridgehead atoms. The van der Waals surface area contributed by atoms with Crippen LogP contribution in [0.1, 0.15) is 32.1 Å². The molecule has 0 fully saturated rings. The normalized spacial score (nSPS) is 19.9. The largest absolute Gasteiger partial charge is 0.370 e. The average Bonchev–Trinajstić information content (AvgIpc) is 2.05. The molecule has 0 saturated carbocycles. The van der Waals surface area contributed by atoms with E-state index in [4.69, 9.17) is 11.5 Å². The molecule has 1 aliphatic carbocycles. The second-order valence-corrected chi connectivity index (χ2v) is 3.30. The predicted molar refractivity (Wildman–Crippen MR) is 48.3 cm³/mol. The van der Waals surface area contributed by atoms with Crippen LogP contribution in [-0.4, -0.2) is 11.9 Å². The first-order chi connectivity index (χ1) is 5.70. The number of hydrogen-bond donors (Lipinski definition) is 2. The Labute approximate surface area is 72.8 Å². The number of rotatable bonds is 3. The number of carbonyl (C=O) groups excluding carboxylic acids is 1. The molecule has 1 rings (SSSR count). The van der Waals surface area contributed by atoms with Crippen LogP contribution in [0.25, 0.3) is 0 Å². The minimum atomic E-state index is -0.311. The Morgan fingerprint density at radius 3 is 2.83 bits per heavy atom. The SMILES string of the molecule is NC(=O)CC(N)C1=CCCCC1. The molecular weight excluding hydrogens is 152 g/mol. The number of hydrogen-bond acceptors (Lipinski definition) is 2. The predicted octanol–water partition coefficient (Wildman–Crippen LogP) is 0.689. The van der Waals surface area contributed by atoms with Gasteiger partial charge in [0, 0.05) is 12.5 Å². The summed E-state index contributed by atoms with van der Waals surface area (Å²) in [4.78, 5) is 10.6. The Bertz CT molecular complexity index is 199. The highest BCUT2D eigenvalue weighted by Crippen LogP contribution is 2.20. The Hall–Kier alpha value is -0.830. The van der Waals surface area contributed by atoms with Crippen molar-refractivity contribution in [1.29, 1.82) is 0 Å². The van der Waals surface area contributed by atoms with E-state index in [1.165, 1.54) is 18.4 Å². The second kappa shape index (κ2) is 4.26. The highest BCUT2D eigenvalue weighted by atomic mass is 16.1. The Morgan fingerprint density at radius 1 is 1.58 bits per heavy atom. The minimum Gasteiger partial charge on any atom is -0.370 e. The standard InChI is InChI=1S/C9H16N2O/c10-8(6-9(11)12)7-4-2-1-3-5-7/h4,8H,1-3,5-6,10H2,(H2,11,12). The monoisotopic (exact) mass is 168 g/mol. The lowest BCUT2D eigenvalue weighted by atomic mass is 9.93. The summed E-state index contributed by atoms with van der Waals surface area (Å²) >= 11 is 0. The Balaban J connectivity index is 2.44. The maximum Gasteiger partial charge on any atom is 0.219 e. The van der Waals surface area contributed by atoms with Gasteiger partial charge in [-0.3, -0.25) is 4.79 Å². The molecule has 0 aliphatic heterocycles. The second-order valence-electron chi connectivity index (χ2n) is 3.30. The third-order valence-corrected chi connectivity index (χ3v) is 2.22. The molecule has 0 aromatic rings. The molecule has 0 heterocycles. The quantitative estimate of drug-likeness (QED) is 0.609. The van der Waals surface area contributed by atoms with E-state index in [9.17, 15) is 4.79 Å². The molecule has 4 N–H and O–H groups in total. The van der Waals surface area contributed by atoms with Crippen molar-refractivity contribution in [3.05, 3.63) is 11.6 Å². The van der Waals surface area contributed by atoms with Crippen molar-refractivity contribution in [2.24, 2.45) is 11.5 Å². The van der Waals surface area contributed by atoms with Gasteiger partial charge in [-0.05, 0) is 25.7 Å². The van der Waals surface area contributed by atoms with Gasteiger partial charge in [-0.25, -0.2) is 0 Å². The fraction of sp³-hybridized carbons (Fsp3) is 0.667. The van der Waals surface area contributed by atoms with Crippen LogP contribution in [0.4, 0.5) is 0 Å². The van der Waals surface area contributed by atoms with E-state index in [1.54, 1.807) is 0 Å². The number of amides is 1. The molecule has 68 valence electrons. The van der Waals surface area contributed by atoms with Gasteiger partial charge in [0.15, 0.2) is 0 Å². The van der Waals surface area contributed by atoms with Gasteiger partial charge in [0.25, 0.3) is 0 Å². The van der Waals surface area contributed by atoms with Crippen LogP contribution in [0, 0.1) is 0 Å². The molecule has 1 atom stereocenters. The lowest BCUT2D eigenvalue weighted by molar-refractivity contribution is -0.118. The van der Waals surface area contributed by atoms with Gasteiger partial charge in [0.1, 0.15) is 0 Å². The van der Waals surface area contributed by atoms with Gasteiger partial charge in [0.05, 0.1) is 0 Å². The maximum atomic E-state index is 10.6. The number of nitrogens with two attached hydrogens (primary N) is 2. The maximum absolute atomic E-state index is 10.6. The van der Waals surface area contributed by atoms with E-state index >= 15 is 0 Å². The number of allylic oxidation sites excluding steroid dienone is 1. The van der Waals surface area contributed by atoms with Crippen LogP contribution in [0.2, 0.25) is 0 Å². The van der Waals surface area contributed by atoms with Crippen LogP contribution < -0.4 is 11.5 Å². The van der Waals surface area contributed by atoms with Crippen molar-refractivity contribution >= 4 is 5.91 Å². The third kappa shape index (κ3) is 2.66. The molecule has 3 nitrogen and oxygen atoms in total. The zero-order chi connectivity index (χ0) is 8.97. The third-order valence-electron chi connectivity index (χ3n) is 2.22. The summed E-state index contributed by atoms with van der Waals surface area (Å²) < 4.78 is 0. The van der Waals surface area contributed by atoms with Crippen molar-refractivity contribution in [3.63, 3.8) is 0 Å². The molecule has 0 aromatic heterocycles. The fourth-order valence-electron chi connectivity index (χ4n) is 1.55. The van der Waals surface area contributed by atoms with E-state index in [0.29, 0.717) is 0 Å². The zero-order valence-corrected chi connectivity index (χ0v) is 7.25. The Morgan fingerprint density at radius 2 is 2.33 bits per heavy atom. The first-order valence-corrected chi connectivity index (χ1v) is 4.43. The zero-order valence-electron chi connectivity index (χ0n) is 7.25. The molecule has 3 heteroatoms. The summed E-state index contributed by atoms with van der Waals surface area (Å²) in [6, 6.07) is -0.136. The summed E-state index contributed by atoms with van der Waals surface area (Å²) in [5, 5.41) is 0. The molecule has 0 aromatic carbocycles. The minimum absolute atomic E-state index is 0.136. The van der Waals surface area contributed by atoms with Gasteiger partial charge in [-0.1, -0.05) is 11.6 Å². The van der Waals surface area contributed by atoms with Crippen LogP contribution in [0.3, 0.4) is 0 Å². The van der Waals surface area contributed by atoms with Crippen molar-refractivity contribution in [1.82, 2.24) is 0 Å². The van der Waals surface area contributed by atoms with Gasteiger partial charge < -0.3 is 11.5 Å². The van der Waals surface area contributed by atoms with Crippen molar-refractivity contribution in [2.45, 2.75) is 38.1 Å². The molecular formula is C9H16N2O. The van der Waals surface area contributed by atoms with E-state index in [0.717, 1.165) is 12.8 Å². The van der Waals surface area contributed by atoms with E-state index in [1.807, 2.05) is 0 Å². The average molecular weight is 168 g/mol. The smallest absolute Gasteiger partial charge is 0.219 e. The molecule has 0 radical (unpaired) electrons. The van der Waals surface area contributed by atoms with Crippen LogP contribution in [-0.2, 0) is 4.79 Å². The molecule has 0 saturated heterocycles. The van der Waals surface area contributed by atoms with Crippen LogP contribution >= 0.6 is 0 Å². The molecule has 1 aliphatic rings. The molecule has 12 heavy (non-hydrogen) atoms. The van der Waals surface area contributed by atoms with Crippen LogP contribution in [0.5, 0.6) is 0 Å². The van der Waals surface area contributed by atoms with Gasteiger partial charge in [-0.2, -0.15) is 0 Å². The van der Waals surface area contributed by atoms with Crippen molar-refractivity contribution in [2.75, 3.05) is 0 Å². The van der Waals surface area contributed by atoms with Gasteiger partial charge >= 0.3 is 0 Å². The van der Waals surface area contributed by atoms with E-state index in [2.05, 4.69) is 6.08 Å². The highest BCUT2D eigenvalue weighted by molar-refractivity contribution is 5.74. The summed E-state index contributed by atoms with van der Waals surface area (Å²) in [5.41, 5.74) is 12.0. The molecule has 0 spiro atoms. The molecule has 1 amide bonds.